The Labute approximate surface area is 146 Å². The molecule has 0 aliphatic carbocycles. The van der Waals surface area contributed by atoms with E-state index in [2.05, 4.69) is 19.7 Å². The number of aryl methyl sites for hydroxylation is 2. The van der Waals surface area contributed by atoms with Crippen molar-refractivity contribution < 1.29 is 8.42 Å². The molecule has 3 aromatic rings. The molecule has 0 saturated carbocycles. The van der Waals surface area contributed by atoms with Gasteiger partial charge in [0.2, 0.25) is 9.62 Å². The maximum Gasteiger partial charge on any atom is 0.289 e. The molecule has 0 radical (unpaired) electrons. The molecule has 0 aliphatic rings. The van der Waals surface area contributed by atoms with Crippen LogP contribution >= 0.6 is 34.5 Å². The monoisotopic (exact) mass is 388 g/mol. The molecule has 2 aromatic heterocycles. The first-order valence-corrected chi connectivity index (χ1v) is 9.41. The van der Waals surface area contributed by atoms with Crippen molar-refractivity contribution in [3.05, 3.63) is 39.8 Å². The average Bonchev–Trinajstić information content (AvgIpc) is 2.81. The first-order valence-electron chi connectivity index (χ1n) is 6.35. The largest absolute Gasteiger partial charge is 0.289 e. The highest BCUT2D eigenvalue weighted by molar-refractivity contribution is 7.94. The van der Waals surface area contributed by atoms with Crippen LogP contribution in [-0.4, -0.2) is 23.4 Å². The first kappa shape index (κ1) is 16.4. The van der Waals surface area contributed by atoms with E-state index < -0.39 is 10.0 Å². The van der Waals surface area contributed by atoms with Crippen LogP contribution in [0, 0.1) is 13.8 Å². The van der Waals surface area contributed by atoms with Crippen LogP contribution < -0.4 is 4.72 Å². The normalized spacial score (nSPS) is 11.8. The van der Waals surface area contributed by atoms with Gasteiger partial charge in [0, 0.05) is 5.69 Å². The second kappa shape index (κ2) is 5.86. The van der Waals surface area contributed by atoms with Gasteiger partial charge in [0.15, 0.2) is 10.8 Å². The minimum atomic E-state index is -3.85. The van der Waals surface area contributed by atoms with Gasteiger partial charge in [-0.1, -0.05) is 29.0 Å². The van der Waals surface area contributed by atoms with Crippen LogP contribution in [0.3, 0.4) is 0 Å². The van der Waals surface area contributed by atoms with Crippen molar-refractivity contribution in [3.63, 3.8) is 0 Å². The SMILES string of the molecule is Cc1cc(C)cc(NS(=O)(=O)c2nc3nc(Cl)nc(Cl)c3s2)c1. The fourth-order valence-corrected chi connectivity index (χ4v) is 4.74. The van der Waals surface area contributed by atoms with Gasteiger partial charge in [-0.15, -0.1) is 0 Å². The number of nitrogens with zero attached hydrogens (tertiary/aromatic N) is 3. The summed E-state index contributed by atoms with van der Waals surface area (Å²) in [5.74, 6) is 0. The highest BCUT2D eigenvalue weighted by Crippen LogP contribution is 2.31. The summed E-state index contributed by atoms with van der Waals surface area (Å²) in [6.45, 7) is 3.78. The van der Waals surface area contributed by atoms with Crippen LogP contribution in [0.1, 0.15) is 11.1 Å². The second-order valence-electron chi connectivity index (χ2n) is 4.90. The molecule has 0 atom stereocenters. The molecule has 0 bridgehead atoms. The minimum absolute atomic E-state index is 0.0744. The van der Waals surface area contributed by atoms with E-state index in [1.165, 1.54) is 0 Å². The zero-order chi connectivity index (χ0) is 16.8. The van der Waals surface area contributed by atoms with Crippen LogP contribution in [0.25, 0.3) is 10.3 Å². The predicted octanol–water partition coefficient (Wildman–Crippen LogP) is 3.81. The molecule has 10 heteroatoms. The van der Waals surface area contributed by atoms with E-state index in [4.69, 9.17) is 23.2 Å². The molecule has 1 aromatic carbocycles. The maximum absolute atomic E-state index is 12.5. The molecule has 120 valence electrons. The summed E-state index contributed by atoms with van der Waals surface area (Å²) in [4.78, 5) is 11.7. The van der Waals surface area contributed by atoms with Gasteiger partial charge in [-0.05, 0) is 48.7 Å². The van der Waals surface area contributed by atoms with Gasteiger partial charge in [0.1, 0.15) is 4.70 Å². The van der Waals surface area contributed by atoms with Crippen LogP contribution in [0.2, 0.25) is 10.4 Å². The summed E-state index contributed by atoms with van der Waals surface area (Å²) < 4.78 is 27.7. The fourth-order valence-electron chi connectivity index (χ4n) is 2.09. The van der Waals surface area contributed by atoms with Crippen LogP contribution in [0.5, 0.6) is 0 Å². The summed E-state index contributed by atoms with van der Waals surface area (Å²) in [7, 11) is -3.85. The van der Waals surface area contributed by atoms with Crippen molar-refractivity contribution in [2.75, 3.05) is 4.72 Å². The zero-order valence-electron chi connectivity index (χ0n) is 12.0. The lowest BCUT2D eigenvalue weighted by molar-refractivity contribution is 0.600. The van der Waals surface area contributed by atoms with E-state index in [9.17, 15) is 8.42 Å². The summed E-state index contributed by atoms with van der Waals surface area (Å²) >= 11 is 12.5. The van der Waals surface area contributed by atoms with E-state index in [-0.39, 0.29) is 20.4 Å². The quantitative estimate of drug-likeness (QED) is 0.544. The summed E-state index contributed by atoms with van der Waals surface area (Å²) in [6, 6.07) is 5.43. The molecule has 3 rings (SSSR count). The van der Waals surface area contributed by atoms with Crippen LogP contribution in [-0.2, 0) is 10.0 Å². The molecule has 23 heavy (non-hydrogen) atoms. The number of rotatable bonds is 3. The third kappa shape index (κ3) is 3.40. The molecule has 0 aliphatic heterocycles. The van der Waals surface area contributed by atoms with E-state index in [0.29, 0.717) is 10.4 Å². The van der Waals surface area contributed by atoms with Gasteiger partial charge < -0.3 is 0 Å². The number of sulfonamides is 1. The molecule has 6 nitrogen and oxygen atoms in total. The standard InChI is InChI=1S/C13H10Cl2N4O2S2/c1-6-3-7(2)5-8(4-6)19-23(20,21)13-18-11-9(22-13)10(14)16-12(15)17-11/h3-5,19H,1-2H3. The Kier molecular flexibility index (Phi) is 4.18. The molecule has 2 heterocycles. The second-order valence-corrected chi connectivity index (χ2v) is 8.45. The number of benzene rings is 1. The number of nitrogens with one attached hydrogen (secondary N) is 1. The summed E-state index contributed by atoms with van der Waals surface area (Å²) in [6.07, 6.45) is 0. The number of hydrogen-bond donors (Lipinski definition) is 1. The highest BCUT2D eigenvalue weighted by atomic mass is 35.5. The number of anilines is 1. The third-order valence-corrected chi connectivity index (χ3v) is 6.23. The molecular formula is C13H10Cl2N4O2S2. The zero-order valence-corrected chi connectivity index (χ0v) is 15.1. The lowest BCUT2D eigenvalue weighted by Gasteiger charge is -2.07. The van der Waals surface area contributed by atoms with Crippen molar-refractivity contribution in [1.29, 1.82) is 0 Å². The van der Waals surface area contributed by atoms with Crippen molar-refractivity contribution >= 4 is 60.6 Å². The van der Waals surface area contributed by atoms with Crippen molar-refractivity contribution in [3.8, 4) is 0 Å². The van der Waals surface area contributed by atoms with Gasteiger partial charge >= 0.3 is 0 Å². The number of thiazole rings is 1. The number of halogens is 2. The fraction of sp³-hybridized carbons (Fsp3) is 0.154. The van der Waals surface area contributed by atoms with E-state index in [1.807, 2.05) is 19.9 Å². The van der Waals surface area contributed by atoms with Crippen LogP contribution in [0.4, 0.5) is 5.69 Å². The van der Waals surface area contributed by atoms with E-state index >= 15 is 0 Å². The maximum atomic E-state index is 12.5. The van der Waals surface area contributed by atoms with Crippen molar-refractivity contribution in [2.45, 2.75) is 18.2 Å². The molecule has 0 saturated heterocycles. The number of fused-ring (bicyclic) bond motifs is 1. The van der Waals surface area contributed by atoms with Gasteiger partial charge in [0.25, 0.3) is 10.0 Å². The molecule has 0 amide bonds. The Morgan fingerprint density at radius 3 is 2.35 bits per heavy atom. The average molecular weight is 389 g/mol. The summed E-state index contributed by atoms with van der Waals surface area (Å²) in [5, 5.41) is -0.00985. The van der Waals surface area contributed by atoms with Crippen molar-refractivity contribution in [1.82, 2.24) is 15.0 Å². The first-order chi connectivity index (χ1) is 10.7. The van der Waals surface area contributed by atoms with E-state index in [0.717, 1.165) is 22.5 Å². The van der Waals surface area contributed by atoms with Gasteiger partial charge in [-0.2, -0.15) is 13.4 Å². The van der Waals surface area contributed by atoms with Gasteiger partial charge in [-0.25, -0.2) is 9.97 Å². The highest BCUT2D eigenvalue weighted by Gasteiger charge is 2.22. The van der Waals surface area contributed by atoms with Gasteiger partial charge in [-0.3, -0.25) is 4.72 Å². The molecule has 0 spiro atoms. The molecule has 0 fully saturated rings. The topological polar surface area (TPSA) is 84.8 Å². The minimum Gasteiger partial charge on any atom is -0.278 e. The molecule has 1 N–H and O–H groups in total. The Bertz CT molecular complexity index is 998. The smallest absolute Gasteiger partial charge is 0.278 e. The Morgan fingerprint density at radius 2 is 1.70 bits per heavy atom. The third-order valence-electron chi connectivity index (χ3n) is 2.87. The van der Waals surface area contributed by atoms with Crippen molar-refractivity contribution in [2.24, 2.45) is 0 Å². The molecular weight excluding hydrogens is 379 g/mol. The van der Waals surface area contributed by atoms with Gasteiger partial charge in [0.05, 0.1) is 0 Å². The number of aromatic nitrogens is 3. The lowest BCUT2D eigenvalue weighted by atomic mass is 10.1. The number of hydrogen-bond acceptors (Lipinski definition) is 6. The summed E-state index contributed by atoms with van der Waals surface area (Å²) in [5.41, 5.74) is 2.53. The Hall–Kier alpha value is -1.48. The van der Waals surface area contributed by atoms with Crippen LogP contribution in [0.15, 0.2) is 22.5 Å². The lowest BCUT2D eigenvalue weighted by Crippen LogP contribution is -2.12. The Balaban J connectivity index is 2.04. The molecule has 0 unspecified atom stereocenters. The van der Waals surface area contributed by atoms with E-state index in [1.54, 1.807) is 12.1 Å². The Morgan fingerprint density at radius 1 is 1.04 bits per heavy atom. The predicted molar refractivity (Wildman–Crippen MR) is 92.0 cm³/mol.